The van der Waals surface area contributed by atoms with Crippen molar-refractivity contribution >= 4 is 76.0 Å². The number of hydrogen-bond donors (Lipinski definition) is 5. The summed E-state index contributed by atoms with van der Waals surface area (Å²) < 4.78 is 165. The number of aryl methyl sites for hydroxylation is 4. The number of alkyl halides is 12. The number of rotatable bonds is 20. The number of nitrogens with zero attached hydrogens (tertiary/aromatic N) is 4. The van der Waals surface area contributed by atoms with E-state index < -0.39 is 123 Å². The van der Waals surface area contributed by atoms with Gasteiger partial charge in [0.25, 0.3) is 29.0 Å². The van der Waals surface area contributed by atoms with Crippen molar-refractivity contribution in [3.63, 3.8) is 0 Å². The minimum atomic E-state index is -4.51. The fourth-order valence-corrected chi connectivity index (χ4v) is 9.20. The molecule has 1 amide bonds. The van der Waals surface area contributed by atoms with Gasteiger partial charge in [-0.15, -0.1) is 0 Å². The maximum absolute atomic E-state index is 12.8. The number of carboxylic acid groups (broad SMARTS) is 2. The van der Waals surface area contributed by atoms with Crippen LogP contribution in [-0.2, 0) is 101 Å². The number of carbonyl (C=O) groups excluding carboxylic acids is 10. The van der Waals surface area contributed by atoms with Crippen LogP contribution in [-0.4, -0.2) is 129 Å². The number of esters is 2. The van der Waals surface area contributed by atoms with Crippen LogP contribution < -0.4 is 46.3 Å². The Morgan fingerprint density at radius 1 is 0.411 bits per heavy atom. The molecule has 0 atom stereocenters. The fourth-order valence-electron chi connectivity index (χ4n) is 9.20. The maximum Gasteiger partial charge on any atom is 1.00 e. The second kappa shape index (κ2) is 41.8. The summed E-state index contributed by atoms with van der Waals surface area (Å²) in [6, 6.07) is 22.7. The number of halogens is 12. The smallest absolute Gasteiger partial charge is 0.870 e. The van der Waals surface area contributed by atoms with Crippen LogP contribution in [0, 0.1) is 0 Å². The number of benzene rings is 4. The van der Waals surface area contributed by atoms with Crippen LogP contribution in [0.1, 0.15) is 178 Å². The predicted molar refractivity (Wildman–Crippen MR) is 375 cm³/mol. The average Bonchev–Trinajstić information content (AvgIpc) is 1.69. The molecule has 0 aliphatic rings. The summed E-state index contributed by atoms with van der Waals surface area (Å²) in [5.41, 5.74) is 7.45. The molecule has 0 fully saturated rings. The Kier molecular flexibility index (Phi) is 36.9. The van der Waals surface area contributed by atoms with Crippen LogP contribution >= 0.6 is 0 Å². The third-order valence-corrected chi connectivity index (χ3v) is 14.0. The number of aromatic nitrogens is 4. The van der Waals surface area contributed by atoms with E-state index in [1.807, 2.05) is 20.8 Å². The number of carbonyl (C=O) groups is 12. The van der Waals surface area contributed by atoms with Gasteiger partial charge in [0.1, 0.15) is 5.69 Å². The van der Waals surface area contributed by atoms with Gasteiger partial charge in [0.2, 0.25) is 0 Å². The Hall–Kier alpha value is -11.1. The molecular formula is C75H78F12N7NaO17. The summed E-state index contributed by atoms with van der Waals surface area (Å²) in [5, 5.41) is 20.0. The SMILES string of the molecule is CC(C)(C)N.CCOC(=O)C(=O)c1cc(C(=O)Cc2cccc(C(F)(F)F)c2)n(C)c1.CCOC(=O)C(=O)c1cc(C(=O)O)n(C)c1.Cn1cc(C(=O)C(=O)NC(C)(C)C)cc1C(=O)Cc1cccc(C(F)(F)F)c1.Cn1cc(C(=O)C(=O)O)cc1C(=O)Cc1cccc(C(F)(F)F)c1.Nc1cccc(C(F)(F)F)c1.[Na+].[OH-]. The Morgan fingerprint density at radius 3 is 0.911 bits per heavy atom. The molecule has 24 nitrogen and oxygen atoms in total. The van der Waals surface area contributed by atoms with E-state index in [9.17, 15) is 110 Å². The molecule has 8 rings (SSSR count). The standard InChI is InChI=1S/C20H21F3N2O3.C18H16F3NO4.C16H12F3NO4.C10H11NO5.C7H6F3N.C4H11N.Na.H2O/c1-19(2,3)24-18(28)17(27)13-10-15(25(4)11-13)16(26)9-12-6-5-7-14(8-12)20(21,22)23;1-3-26-17(25)16(24)12-9-14(22(2)10-12)15(23)8-11-5-4-6-13(7-11)18(19,20)21;1-20-8-10(14(22)15(23)24)7-12(20)13(21)6-9-3-2-4-11(5-9)16(17,18)19;1-3-16-10(15)8(12)6-4-7(9(13)14)11(2)5-6;8-7(9,10)5-2-1-3-6(11)4-5;1-4(2,3)5;;/h5-8,10-11H,9H2,1-4H3,(H,24,28);4-7,9-10H,3,8H2,1-2H3;2-5,7-8H,6H2,1H3,(H,23,24);4-5H,3H2,1-2H3,(H,13,14);1-4H,11H2;5H2,1-3H3;;1H2/q;;;;;;+1;/p-1. The molecule has 8 N–H and O–H groups in total. The van der Waals surface area contributed by atoms with Crippen molar-refractivity contribution < 1.29 is 165 Å². The van der Waals surface area contributed by atoms with Crippen LogP contribution in [0.3, 0.4) is 0 Å². The van der Waals surface area contributed by atoms with Gasteiger partial charge in [-0.1, -0.05) is 60.7 Å². The van der Waals surface area contributed by atoms with Crippen molar-refractivity contribution in [2.75, 3.05) is 18.9 Å². The zero-order valence-electron chi connectivity index (χ0n) is 62.4. The summed E-state index contributed by atoms with van der Waals surface area (Å²) in [7, 11) is 5.95. The van der Waals surface area contributed by atoms with Crippen molar-refractivity contribution in [2.45, 2.75) is 110 Å². The maximum atomic E-state index is 12.8. The number of anilines is 1. The Morgan fingerprint density at radius 2 is 0.670 bits per heavy atom. The Bertz CT molecular complexity index is 4700. The van der Waals surface area contributed by atoms with Gasteiger partial charge >= 0.3 is 78.1 Å². The van der Waals surface area contributed by atoms with E-state index in [1.54, 1.807) is 34.6 Å². The molecule has 600 valence electrons. The molecule has 0 saturated carbocycles. The average molecular weight is 1600 g/mol. The number of carboxylic acids is 2. The molecule has 8 aromatic rings. The topological polar surface area (TPSA) is 378 Å². The van der Waals surface area contributed by atoms with E-state index in [4.69, 9.17) is 21.7 Å². The minimum absolute atomic E-state index is 0. The molecule has 0 radical (unpaired) electrons. The van der Waals surface area contributed by atoms with Gasteiger partial charge < -0.3 is 60.2 Å². The molecule has 0 bridgehead atoms. The summed E-state index contributed by atoms with van der Waals surface area (Å²) in [4.78, 5) is 140. The molecule has 4 aromatic carbocycles. The molecule has 0 aliphatic heterocycles. The summed E-state index contributed by atoms with van der Waals surface area (Å²) >= 11 is 0. The van der Waals surface area contributed by atoms with Crippen LogP contribution in [0.4, 0.5) is 58.4 Å². The van der Waals surface area contributed by atoms with Gasteiger partial charge in [-0.25, -0.2) is 19.2 Å². The van der Waals surface area contributed by atoms with Crippen LogP contribution in [0.25, 0.3) is 0 Å². The number of nitrogens with two attached hydrogens (primary N) is 2. The van der Waals surface area contributed by atoms with Gasteiger partial charge in [-0.05, 0) is 133 Å². The van der Waals surface area contributed by atoms with Crippen molar-refractivity contribution in [2.24, 2.45) is 33.9 Å². The number of aliphatic carboxylic acids is 1. The van der Waals surface area contributed by atoms with Crippen LogP contribution in [0.15, 0.2) is 146 Å². The molecule has 0 spiro atoms. The first-order chi connectivity index (χ1) is 50.5. The number of hydrogen-bond acceptors (Lipinski definition) is 17. The number of ketones is 7. The van der Waals surface area contributed by atoms with Crippen LogP contribution in [0.5, 0.6) is 0 Å². The second-order valence-corrected chi connectivity index (χ2v) is 25.9. The molecule has 4 aromatic heterocycles. The van der Waals surface area contributed by atoms with E-state index in [2.05, 4.69) is 14.8 Å². The Balaban J connectivity index is 0.000000703. The normalized spacial score (nSPS) is 11.1. The van der Waals surface area contributed by atoms with E-state index in [0.29, 0.717) is 0 Å². The molecule has 4 heterocycles. The number of Topliss-reactive ketones (excluding diaryl/α,β-unsaturated/α-hetero) is 7. The van der Waals surface area contributed by atoms with Crippen molar-refractivity contribution in [1.29, 1.82) is 0 Å². The molecule has 0 saturated heterocycles. The monoisotopic (exact) mass is 1600 g/mol. The summed E-state index contributed by atoms with van der Waals surface area (Å²) in [6.45, 7) is 14.4. The first kappa shape index (κ1) is 98.9. The van der Waals surface area contributed by atoms with Crippen LogP contribution in [0.2, 0.25) is 0 Å². The van der Waals surface area contributed by atoms with Crippen molar-refractivity contribution in [3.05, 3.63) is 230 Å². The van der Waals surface area contributed by atoms with E-state index in [1.165, 1.54) is 132 Å². The first-order valence-electron chi connectivity index (χ1n) is 32.2. The third-order valence-electron chi connectivity index (χ3n) is 14.0. The summed E-state index contributed by atoms with van der Waals surface area (Å²) in [5.74, 6) is -10.8. The zero-order valence-corrected chi connectivity index (χ0v) is 64.4. The number of nitrogens with one attached hydrogen (secondary N) is 1. The second-order valence-electron chi connectivity index (χ2n) is 25.9. The van der Waals surface area contributed by atoms with E-state index >= 15 is 0 Å². The zero-order chi connectivity index (χ0) is 84.1. The number of aromatic carboxylic acids is 1. The minimum Gasteiger partial charge on any atom is -0.870 e. The largest absolute Gasteiger partial charge is 1.00 e. The Labute approximate surface area is 654 Å². The van der Waals surface area contributed by atoms with E-state index in [-0.39, 0.29) is 140 Å². The van der Waals surface area contributed by atoms with Crippen molar-refractivity contribution in [3.8, 4) is 0 Å². The van der Waals surface area contributed by atoms with Gasteiger partial charge in [-0.3, -0.25) is 38.4 Å². The van der Waals surface area contributed by atoms with E-state index in [0.717, 1.165) is 60.7 Å². The number of ether oxygens (including phenoxy) is 2. The van der Waals surface area contributed by atoms with Gasteiger partial charge in [0.05, 0.1) is 52.5 Å². The molecule has 0 aliphatic carbocycles. The molecule has 112 heavy (non-hydrogen) atoms. The van der Waals surface area contributed by atoms with Gasteiger partial charge in [0, 0.05) is 111 Å². The summed E-state index contributed by atoms with van der Waals surface area (Å²) in [6.07, 6.45) is -13.5. The number of amides is 1. The molecule has 0 unspecified atom stereocenters. The predicted octanol–water partition coefficient (Wildman–Crippen LogP) is 9.85. The molecular weight excluding hydrogens is 1520 g/mol. The first-order valence-corrected chi connectivity index (χ1v) is 32.2. The molecule has 37 heteroatoms. The fraction of sp³-hybridized carbons (Fsp3) is 0.307. The quantitative estimate of drug-likeness (QED) is 0.0118. The number of nitrogen functional groups attached to an aromatic ring is 1. The van der Waals surface area contributed by atoms with Crippen molar-refractivity contribution in [1.82, 2.24) is 23.6 Å². The van der Waals surface area contributed by atoms with Gasteiger partial charge in [-0.2, -0.15) is 52.7 Å². The van der Waals surface area contributed by atoms with Gasteiger partial charge in [0.15, 0.2) is 17.3 Å². The third kappa shape index (κ3) is 32.1.